The van der Waals surface area contributed by atoms with Gasteiger partial charge >= 0.3 is 0 Å². The van der Waals surface area contributed by atoms with E-state index in [0.29, 0.717) is 6.42 Å². The van der Waals surface area contributed by atoms with Gasteiger partial charge in [-0.1, -0.05) is 19.1 Å². The molecular weight excluding hydrogens is 238 g/mol. The fourth-order valence-electron chi connectivity index (χ4n) is 2.30. The normalized spacial score (nSPS) is 14.1. The van der Waals surface area contributed by atoms with Crippen LogP contribution in [0.15, 0.2) is 18.2 Å². The van der Waals surface area contributed by atoms with Crippen molar-refractivity contribution in [3.63, 3.8) is 0 Å². The highest BCUT2D eigenvalue weighted by Gasteiger charge is 2.14. The number of benzene rings is 1. The van der Waals surface area contributed by atoms with Crippen molar-refractivity contribution in [1.82, 2.24) is 10.6 Å². The molecule has 0 spiro atoms. The van der Waals surface area contributed by atoms with E-state index in [2.05, 4.69) is 35.0 Å². The molecule has 4 heteroatoms. The maximum absolute atomic E-state index is 11.3. The smallest absolute Gasteiger partial charge is 0.224 e. The Morgan fingerprint density at radius 2 is 2.00 bits per heavy atom. The van der Waals surface area contributed by atoms with Gasteiger partial charge in [-0.2, -0.15) is 0 Å². The van der Waals surface area contributed by atoms with Crippen molar-refractivity contribution in [3.05, 3.63) is 29.3 Å². The summed E-state index contributed by atoms with van der Waals surface area (Å²) in [6, 6.07) is 6.36. The second-order valence-corrected chi connectivity index (χ2v) is 4.89. The number of carbonyl (C=O) groups is 1. The minimum absolute atomic E-state index is 0.130. The van der Waals surface area contributed by atoms with E-state index < -0.39 is 0 Å². The fourth-order valence-corrected chi connectivity index (χ4v) is 2.30. The van der Waals surface area contributed by atoms with Gasteiger partial charge in [0.05, 0.1) is 0 Å². The third-order valence-electron chi connectivity index (χ3n) is 3.38. The second-order valence-electron chi connectivity index (χ2n) is 4.89. The lowest BCUT2D eigenvalue weighted by Gasteiger charge is -2.17. The van der Waals surface area contributed by atoms with Crippen LogP contribution in [0, 0.1) is 0 Å². The predicted octanol–water partition coefficient (Wildman–Crippen LogP) is 1.31. The first-order chi connectivity index (χ1) is 9.29. The number of rotatable bonds is 7. The molecule has 0 aliphatic carbocycles. The number of aryl methyl sites for hydroxylation is 1. The SMILES string of the molecule is CCNCCNCCc1ccc2c(c1)CCC(=O)N2. The maximum Gasteiger partial charge on any atom is 0.224 e. The van der Waals surface area contributed by atoms with Crippen LogP contribution in [0.5, 0.6) is 0 Å². The summed E-state index contributed by atoms with van der Waals surface area (Å²) in [6.45, 7) is 6.17. The van der Waals surface area contributed by atoms with Crippen LogP contribution < -0.4 is 16.0 Å². The fraction of sp³-hybridized carbons (Fsp3) is 0.533. The molecule has 4 nitrogen and oxygen atoms in total. The van der Waals surface area contributed by atoms with Crippen molar-refractivity contribution in [2.24, 2.45) is 0 Å². The average molecular weight is 261 g/mol. The number of hydrogen-bond acceptors (Lipinski definition) is 3. The maximum atomic E-state index is 11.3. The highest BCUT2D eigenvalue weighted by Crippen LogP contribution is 2.23. The van der Waals surface area contributed by atoms with E-state index >= 15 is 0 Å². The van der Waals surface area contributed by atoms with Gasteiger partial charge in [0.15, 0.2) is 0 Å². The topological polar surface area (TPSA) is 53.2 Å². The molecule has 0 unspecified atom stereocenters. The van der Waals surface area contributed by atoms with Gasteiger partial charge in [0.2, 0.25) is 5.91 Å². The molecule has 0 fully saturated rings. The van der Waals surface area contributed by atoms with Gasteiger partial charge in [0.1, 0.15) is 0 Å². The van der Waals surface area contributed by atoms with Gasteiger partial charge in [0, 0.05) is 25.2 Å². The van der Waals surface area contributed by atoms with Crippen LogP contribution in [0.3, 0.4) is 0 Å². The molecule has 0 saturated carbocycles. The van der Waals surface area contributed by atoms with E-state index in [0.717, 1.165) is 44.7 Å². The second kappa shape index (κ2) is 7.26. The Kier molecular flexibility index (Phi) is 5.36. The van der Waals surface area contributed by atoms with E-state index in [1.807, 2.05) is 6.07 Å². The zero-order valence-corrected chi connectivity index (χ0v) is 11.6. The highest BCUT2D eigenvalue weighted by molar-refractivity contribution is 5.93. The van der Waals surface area contributed by atoms with E-state index in [9.17, 15) is 4.79 Å². The Hall–Kier alpha value is -1.39. The molecule has 0 aromatic heterocycles. The molecule has 0 saturated heterocycles. The molecule has 1 aliphatic heterocycles. The quantitative estimate of drug-likeness (QED) is 0.649. The number of anilines is 1. The summed E-state index contributed by atoms with van der Waals surface area (Å²) < 4.78 is 0. The molecule has 1 heterocycles. The zero-order chi connectivity index (χ0) is 13.5. The van der Waals surface area contributed by atoms with Crippen molar-refractivity contribution in [2.45, 2.75) is 26.2 Å². The van der Waals surface area contributed by atoms with E-state index in [1.54, 1.807) is 0 Å². The minimum atomic E-state index is 0.130. The largest absolute Gasteiger partial charge is 0.326 e. The summed E-state index contributed by atoms with van der Waals surface area (Å²) in [5.41, 5.74) is 3.59. The molecule has 1 aliphatic rings. The Labute approximate surface area is 115 Å². The van der Waals surface area contributed by atoms with E-state index in [1.165, 1.54) is 11.1 Å². The molecule has 0 atom stereocenters. The van der Waals surface area contributed by atoms with Crippen molar-refractivity contribution in [2.75, 3.05) is 31.5 Å². The van der Waals surface area contributed by atoms with Gasteiger partial charge in [-0.05, 0) is 43.1 Å². The average Bonchev–Trinajstić information content (AvgIpc) is 2.43. The predicted molar refractivity (Wildman–Crippen MR) is 78.5 cm³/mol. The van der Waals surface area contributed by atoms with Crippen molar-refractivity contribution in [1.29, 1.82) is 0 Å². The van der Waals surface area contributed by atoms with Gasteiger partial charge < -0.3 is 16.0 Å². The Balaban J connectivity index is 1.77. The number of carbonyl (C=O) groups excluding carboxylic acids is 1. The minimum Gasteiger partial charge on any atom is -0.326 e. The molecule has 19 heavy (non-hydrogen) atoms. The lowest BCUT2D eigenvalue weighted by Crippen LogP contribution is -2.28. The number of hydrogen-bond donors (Lipinski definition) is 3. The van der Waals surface area contributed by atoms with Gasteiger partial charge in [-0.15, -0.1) is 0 Å². The van der Waals surface area contributed by atoms with Crippen LogP contribution >= 0.6 is 0 Å². The first kappa shape index (κ1) is 14.0. The summed E-state index contributed by atoms with van der Waals surface area (Å²) in [5, 5.41) is 9.63. The van der Waals surface area contributed by atoms with Gasteiger partial charge in [-0.3, -0.25) is 4.79 Å². The first-order valence-electron chi connectivity index (χ1n) is 7.12. The van der Waals surface area contributed by atoms with Crippen LogP contribution in [0.2, 0.25) is 0 Å². The Morgan fingerprint density at radius 1 is 1.16 bits per heavy atom. The van der Waals surface area contributed by atoms with Crippen molar-refractivity contribution in [3.8, 4) is 0 Å². The summed E-state index contributed by atoms with van der Waals surface area (Å²) >= 11 is 0. The molecule has 3 N–H and O–H groups in total. The molecule has 1 aromatic carbocycles. The van der Waals surface area contributed by atoms with Crippen LogP contribution in [-0.4, -0.2) is 32.1 Å². The molecular formula is C15H23N3O. The first-order valence-corrected chi connectivity index (χ1v) is 7.12. The Bertz CT molecular complexity index is 431. The third kappa shape index (κ3) is 4.33. The van der Waals surface area contributed by atoms with Crippen molar-refractivity contribution >= 4 is 11.6 Å². The number of nitrogens with one attached hydrogen (secondary N) is 3. The summed E-state index contributed by atoms with van der Waals surface area (Å²) in [5.74, 6) is 0.130. The monoisotopic (exact) mass is 261 g/mol. The Morgan fingerprint density at radius 3 is 2.84 bits per heavy atom. The summed E-state index contributed by atoms with van der Waals surface area (Å²) in [4.78, 5) is 11.3. The molecule has 104 valence electrons. The molecule has 2 rings (SSSR count). The lowest BCUT2D eigenvalue weighted by atomic mass is 9.99. The molecule has 1 amide bonds. The lowest BCUT2D eigenvalue weighted by molar-refractivity contribution is -0.116. The summed E-state index contributed by atoms with van der Waals surface area (Å²) in [6.07, 6.45) is 2.51. The van der Waals surface area contributed by atoms with Crippen LogP contribution in [0.4, 0.5) is 5.69 Å². The number of fused-ring (bicyclic) bond motifs is 1. The van der Waals surface area contributed by atoms with Crippen LogP contribution in [-0.2, 0) is 17.6 Å². The van der Waals surface area contributed by atoms with Gasteiger partial charge in [0.25, 0.3) is 0 Å². The molecule has 0 bridgehead atoms. The van der Waals surface area contributed by atoms with E-state index in [-0.39, 0.29) is 5.91 Å². The molecule has 1 aromatic rings. The summed E-state index contributed by atoms with van der Waals surface area (Å²) in [7, 11) is 0. The zero-order valence-electron chi connectivity index (χ0n) is 11.6. The van der Waals surface area contributed by atoms with Crippen LogP contribution in [0.25, 0.3) is 0 Å². The standard InChI is InChI=1S/C15H23N3O/c1-2-16-9-10-17-8-7-12-3-5-14-13(11-12)4-6-15(19)18-14/h3,5,11,16-17H,2,4,6-10H2,1H3,(H,18,19). The van der Waals surface area contributed by atoms with E-state index in [4.69, 9.17) is 0 Å². The third-order valence-corrected chi connectivity index (χ3v) is 3.38. The highest BCUT2D eigenvalue weighted by atomic mass is 16.1. The van der Waals surface area contributed by atoms with Crippen molar-refractivity contribution < 1.29 is 4.79 Å². The van der Waals surface area contributed by atoms with Gasteiger partial charge in [-0.25, -0.2) is 0 Å². The molecule has 0 radical (unpaired) electrons. The number of likely N-dealkylation sites (N-methyl/N-ethyl adjacent to an activating group) is 1. The van der Waals surface area contributed by atoms with Crippen LogP contribution in [0.1, 0.15) is 24.5 Å². The number of amides is 1.